The number of aromatic nitrogens is 2. The van der Waals surface area contributed by atoms with Crippen LogP contribution in [0.4, 0.5) is 4.79 Å². The van der Waals surface area contributed by atoms with Crippen LogP contribution in [0.15, 0.2) is 78.9 Å². The van der Waals surface area contributed by atoms with Crippen LogP contribution in [0, 0.1) is 0 Å². The summed E-state index contributed by atoms with van der Waals surface area (Å²) in [5.74, 6) is 0.120. The van der Waals surface area contributed by atoms with Gasteiger partial charge in [0, 0.05) is 6.04 Å². The second kappa shape index (κ2) is 10.7. The third-order valence-electron chi connectivity index (χ3n) is 6.60. The van der Waals surface area contributed by atoms with Gasteiger partial charge in [0.15, 0.2) is 0 Å². The van der Waals surface area contributed by atoms with Crippen molar-refractivity contribution >= 4 is 33.0 Å². The number of nitrogens with zero attached hydrogens (tertiary/aromatic N) is 1. The lowest BCUT2D eigenvalue weighted by Crippen LogP contribution is -2.43. The first-order valence-corrected chi connectivity index (χ1v) is 14.0. The minimum atomic E-state index is -3.71. The summed E-state index contributed by atoms with van der Waals surface area (Å²) in [7, 11) is -3.71. The Kier molecular flexibility index (Phi) is 7.15. The van der Waals surface area contributed by atoms with Gasteiger partial charge in [-0.15, -0.1) is 0 Å². The van der Waals surface area contributed by atoms with E-state index in [-0.39, 0.29) is 18.5 Å². The number of rotatable bonds is 8. The highest BCUT2D eigenvalue weighted by Crippen LogP contribution is 2.30. The number of para-hydroxylation sites is 2. The van der Waals surface area contributed by atoms with Crippen LogP contribution in [-0.2, 0) is 27.7 Å². The van der Waals surface area contributed by atoms with Gasteiger partial charge in [0.2, 0.25) is 15.9 Å². The summed E-state index contributed by atoms with van der Waals surface area (Å²) in [5, 5.41) is 5.17. The minimum Gasteiger partial charge on any atom is -0.340 e. The number of nitrogens with one attached hydrogen (secondary N) is 4. The van der Waals surface area contributed by atoms with E-state index in [4.69, 9.17) is 4.98 Å². The molecule has 0 aliphatic carbocycles. The molecule has 4 aromatic rings. The van der Waals surface area contributed by atoms with Crippen LogP contribution in [0.2, 0.25) is 0 Å². The molecule has 3 amide bonds. The fraction of sp³-hybridized carbons (Fsp3) is 0.250. The molecule has 3 atom stereocenters. The molecule has 5 rings (SSSR count). The molecule has 2 heterocycles. The Morgan fingerprint density at radius 2 is 1.63 bits per heavy atom. The van der Waals surface area contributed by atoms with E-state index in [1.807, 2.05) is 78.4 Å². The number of hydrogen-bond acceptors (Lipinski definition) is 5. The summed E-state index contributed by atoms with van der Waals surface area (Å²) in [6.45, 7) is 1.96. The minimum absolute atomic E-state index is 0.0855. The molecule has 1 aliphatic rings. The monoisotopic (exact) mass is 531 g/mol. The van der Waals surface area contributed by atoms with E-state index in [1.165, 1.54) is 0 Å². The molecule has 196 valence electrons. The number of benzene rings is 3. The lowest BCUT2D eigenvalue weighted by Gasteiger charge is -2.20. The fourth-order valence-corrected chi connectivity index (χ4v) is 6.18. The molecule has 1 aromatic heterocycles. The van der Waals surface area contributed by atoms with E-state index in [2.05, 4.69) is 15.6 Å². The fourth-order valence-electron chi connectivity index (χ4n) is 4.75. The van der Waals surface area contributed by atoms with Gasteiger partial charge in [-0.2, -0.15) is 0 Å². The highest BCUT2D eigenvalue weighted by molar-refractivity contribution is 7.90. The Bertz CT molecular complexity index is 1520. The van der Waals surface area contributed by atoms with Crippen LogP contribution in [0.25, 0.3) is 11.0 Å². The number of aromatic amines is 1. The van der Waals surface area contributed by atoms with Crippen LogP contribution in [0.1, 0.15) is 47.2 Å². The first kappa shape index (κ1) is 25.5. The average molecular weight is 532 g/mol. The van der Waals surface area contributed by atoms with Crippen molar-refractivity contribution in [2.24, 2.45) is 0 Å². The number of sulfonamides is 1. The number of imidazole rings is 1. The number of carbonyl (C=O) groups is 2. The van der Waals surface area contributed by atoms with Crippen molar-refractivity contribution in [3.05, 3.63) is 101 Å². The van der Waals surface area contributed by atoms with Crippen LogP contribution < -0.4 is 15.4 Å². The predicted molar refractivity (Wildman–Crippen MR) is 145 cm³/mol. The van der Waals surface area contributed by atoms with Crippen molar-refractivity contribution < 1.29 is 18.0 Å². The van der Waals surface area contributed by atoms with Crippen LogP contribution >= 0.6 is 0 Å². The number of fused-ring (bicyclic) bond motifs is 1. The summed E-state index contributed by atoms with van der Waals surface area (Å²) < 4.78 is 26.5. The van der Waals surface area contributed by atoms with Gasteiger partial charge in [-0.1, -0.05) is 66.7 Å². The SMILES string of the molecule is C[C@@H](Cc1ccccc1)NC(=O)N[C@@H](Cc1ccc(C2CC(=O)NS2(=O)=O)cc1)c1nc2ccccc2[nH]1. The molecule has 9 nitrogen and oxygen atoms in total. The lowest BCUT2D eigenvalue weighted by atomic mass is 10.0. The van der Waals surface area contributed by atoms with Crippen molar-refractivity contribution in [1.29, 1.82) is 0 Å². The van der Waals surface area contributed by atoms with E-state index in [1.54, 1.807) is 12.1 Å². The summed E-state index contributed by atoms with van der Waals surface area (Å²) in [6, 6.07) is 23.8. The van der Waals surface area contributed by atoms with Crippen molar-refractivity contribution in [1.82, 2.24) is 25.3 Å². The third-order valence-corrected chi connectivity index (χ3v) is 8.30. The number of urea groups is 1. The normalized spacial score (nSPS) is 18.0. The maximum atomic E-state index is 13.0. The number of hydrogen-bond donors (Lipinski definition) is 4. The number of amides is 3. The summed E-state index contributed by atoms with van der Waals surface area (Å²) in [6.07, 6.45) is 1.04. The molecule has 4 N–H and O–H groups in total. The lowest BCUT2D eigenvalue weighted by molar-refractivity contribution is -0.118. The zero-order valence-corrected chi connectivity index (χ0v) is 21.7. The van der Waals surface area contributed by atoms with E-state index in [9.17, 15) is 18.0 Å². The molecule has 0 bridgehead atoms. The second-order valence-corrected chi connectivity index (χ2v) is 11.5. The largest absolute Gasteiger partial charge is 0.340 e. The van der Waals surface area contributed by atoms with Gasteiger partial charge in [-0.05, 0) is 48.6 Å². The standard InChI is InChI=1S/C28H29N5O4S/c1-18(15-19-7-3-2-4-8-19)29-28(35)32-24(27-30-22-9-5-6-10-23(22)31-27)16-20-11-13-21(14-12-20)25-17-26(34)33-38(25,36)37/h2-14,18,24-25H,15-17H2,1H3,(H,30,31)(H,33,34)(H2,29,32,35)/t18-,24-,25?/m0/s1. The highest BCUT2D eigenvalue weighted by Gasteiger charge is 2.37. The second-order valence-electron chi connectivity index (χ2n) is 9.61. The third kappa shape index (κ3) is 5.86. The van der Waals surface area contributed by atoms with Crippen molar-refractivity contribution in [2.45, 2.75) is 43.5 Å². The maximum Gasteiger partial charge on any atom is 0.315 e. The van der Waals surface area contributed by atoms with Crippen molar-refractivity contribution in [3.63, 3.8) is 0 Å². The van der Waals surface area contributed by atoms with Gasteiger partial charge in [-0.25, -0.2) is 18.2 Å². The van der Waals surface area contributed by atoms with E-state index >= 15 is 0 Å². The van der Waals surface area contributed by atoms with E-state index in [0.29, 0.717) is 24.2 Å². The molecule has 1 saturated heterocycles. The first-order valence-electron chi connectivity index (χ1n) is 12.5. The average Bonchev–Trinajstić information content (AvgIpc) is 3.44. The number of carbonyl (C=O) groups excluding carboxylic acids is 2. The van der Waals surface area contributed by atoms with Crippen LogP contribution in [-0.4, -0.2) is 36.4 Å². The summed E-state index contributed by atoms with van der Waals surface area (Å²) in [5.41, 5.74) is 4.23. The van der Waals surface area contributed by atoms with Gasteiger partial charge < -0.3 is 15.6 Å². The molecular weight excluding hydrogens is 502 g/mol. The molecule has 10 heteroatoms. The number of H-pyrrole nitrogens is 1. The van der Waals surface area contributed by atoms with Gasteiger partial charge in [0.05, 0.1) is 23.5 Å². The molecule has 38 heavy (non-hydrogen) atoms. The zero-order chi connectivity index (χ0) is 26.7. The van der Waals surface area contributed by atoms with Crippen LogP contribution in [0.5, 0.6) is 0 Å². The smallest absolute Gasteiger partial charge is 0.315 e. The maximum absolute atomic E-state index is 13.0. The van der Waals surface area contributed by atoms with Gasteiger partial charge in [0.1, 0.15) is 11.1 Å². The molecular formula is C28H29N5O4S. The summed E-state index contributed by atoms with van der Waals surface area (Å²) >= 11 is 0. The Hall–Kier alpha value is -4.18. The molecule has 1 aliphatic heterocycles. The Morgan fingerprint density at radius 1 is 0.947 bits per heavy atom. The Morgan fingerprint density at radius 3 is 2.32 bits per heavy atom. The van der Waals surface area contributed by atoms with Gasteiger partial charge >= 0.3 is 6.03 Å². The molecule has 3 aromatic carbocycles. The Labute approximate surface area is 221 Å². The summed E-state index contributed by atoms with van der Waals surface area (Å²) in [4.78, 5) is 32.6. The topological polar surface area (TPSA) is 133 Å². The van der Waals surface area contributed by atoms with Crippen LogP contribution in [0.3, 0.4) is 0 Å². The van der Waals surface area contributed by atoms with Gasteiger partial charge in [0.25, 0.3) is 0 Å². The van der Waals surface area contributed by atoms with Crippen molar-refractivity contribution in [2.75, 3.05) is 0 Å². The molecule has 0 radical (unpaired) electrons. The Balaban J connectivity index is 1.33. The molecule has 1 fully saturated rings. The van der Waals surface area contributed by atoms with E-state index in [0.717, 1.165) is 22.2 Å². The molecule has 0 saturated carbocycles. The van der Waals surface area contributed by atoms with E-state index < -0.39 is 27.2 Å². The highest BCUT2D eigenvalue weighted by atomic mass is 32.2. The van der Waals surface area contributed by atoms with Gasteiger partial charge in [-0.3, -0.25) is 9.52 Å². The molecule has 1 unspecified atom stereocenters. The first-order chi connectivity index (χ1) is 18.3. The zero-order valence-electron chi connectivity index (χ0n) is 20.8. The quantitative estimate of drug-likeness (QED) is 0.275. The van der Waals surface area contributed by atoms with Crippen molar-refractivity contribution in [3.8, 4) is 0 Å². The predicted octanol–water partition coefficient (Wildman–Crippen LogP) is 3.67. The molecule has 0 spiro atoms.